The lowest BCUT2D eigenvalue weighted by atomic mass is 9.93. The molecule has 7 nitrogen and oxygen atoms in total. The number of likely N-dealkylation sites (N-methyl/N-ethyl adjacent to an activating group) is 1. The molecule has 0 saturated carbocycles. The minimum Gasteiger partial charge on any atom is -0.464 e. The number of carbonyl (C=O) groups excluding carboxylic acids is 2. The summed E-state index contributed by atoms with van der Waals surface area (Å²) < 4.78 is 6.54. The molecule has 0 bridgehead atoms. The molecule has 1 atom stereocenters. The molecular weight excluding hydrogens is 344 g/mol. The SMILES string of the molecule is CCN1Cc2ccccc2CC1C(=O)N1CCn2nc(C(=O)OC)cc2C1. The molecule has 27 heavy (non-hydrogen) atoms. The summed E-state index contributed by atoms with van der Waals surface area (Å²) in [6.45, 7) is 5.41. The largest absolute Gasteiger partial charge is 0.464 e. The number of fused-ring (bicyclic) bond motifs is 2. The van der Waals surface area contributed by atoms with E-state index in [0.29, 0.717) is 25.3 Å². The highest BCUT2D eigenvalue weighted by Gasteiger charge is 2.35. The number of amides is 1. The molecule has 0 spiro atoms. The number of aromatic nitrogens is 2. The van der Waals surface area contributed by atoms with E-state index in [4.69, 9.17) is 4.74 Å². The maximum atomic E-state index is 13.3. The molecule has 2 aliphatic heterocycles. The number of hydrogen-bond acceptors (Lipinski definition) is 5. The van der Waals surface area contributed by atoms with E-state index < -0.39 is 5.97 Å². The Bertz CT molecular complexity index is 876. The van der Waals surface area contributed by atoms with Gasteiger partial charge >= 0.3 is 5.97 Å². The predicted molar refractivity (Wildman–Crippen MR) is 99.0 cm³/mol. The molecule has 2 aliphatic rings. The number of nitrogens with zero attached hydrogens (tertiary/aromatic N) is 4. The van der Waals surface area contributed by atoms with Crippen LogP contribution in [0, 0.1) is 0 Å². The Morgan fingerprint density at radius 1 is 1.19 bits per heavy atom. The summed E-state index contributed by atoms with van der Waals surface area (Å²) in [7, 11) is 1.34. The smallest absolute Gasteiger partial charge is 0.358 e. The Hall–Kier alpha value is -2.67. The average molecular weight is 368 g/mol. The molecule has 0 fully saturated rings. The van der Waals surface area contributed by atoms with Gasteiger partial charge in [-0.15, -0.1) is 0 Å². The molecule has 142 valence electrons. The second-order valence-corrected chi connectivity index (χ2v) is 7.05. The summed E-state index contributed by atoms with van der Waals surface area (Å²) in [5, 5.41) is 4.28. The molecule has 1 unspecified atom stereocenters. The normalized spacial score (nSPS) is 19.3. The topological polar surface area (TPSA) is 67.7 Å². The summed E-state index contributed by atoms with van der Waals surface area (Å²) in [6, 6.07) is 9.94. The third-order valence-corrected chi connectivity index (χ3v) is 5.54. The van der Waals surface area contributed by atoms with Gasteiger partial charge in [0.1, 0.15) is 0 Å². The van der Waals surface area contributed by atoms with Crippen LogP contribution >= 0.6 is 0 Å². The van der Waals surface area contributed by atoms with E-state index in [0.717, 1.165) is 25.2 Å². The van der Waals surface area contributed by atoms with Crippen molar-refractivity contribution in [3.63, 3.8) is 0 Å². The van der Waals surface area contributed by atoms with Crippen molar-refractivity contribution in [2.24, 2.45) is 0 Å². The van der Waals surface area contributed by atoms with Crippen LogP contribution in [-0.4, -0.2) is 57.7 Å². The first kappa shape index (κ1) is 17.7. The maximum Gasteiger partial charge on any atom is 0.358 e. The van der Waals surface area contributed by atoms with Gasteiger partial charge in [-0.2, -0.15) is 5.10 Å². The highest BCUT2D eigenvalue weighted by Crippen LogP contribution is 2.25. The lowest BCUT2D eigenvalue weighted by molar-refractivity contribution is -0.139. The van der Waals surface area contributed by atoms with Crippen LogP contribution in [-0.2, 0) is 35.6 Å². The zero-order valence-electron chi connectivity index (χ0n) is 15.7. The lowest BCUT2D eigenvalue weighted by Gasteiger charge is -2.39. The first-order chi connectivity index (χ1) is 13.1. The highest BCUT2D eigenvalue weighted by atomic mass is 16.5. The zero-order valence-corrected chi connectivity index (χ0v) is 15.7. The van der Waals surface area contributed by atoms with Crippen molar-refractivity contribution in [3.05, 3.63) is 52.8 Å². The molecule has 7 heteroatoms. The van der Waals surface area contributed by atoms with Gasteiger partial charge in [-0.1, -0.05) is 31.2 Å². The highest BCUT2D eigenvalue weighted by molar-refractivity contribution is 5.87. The molecule has 1 aromatic carbocycles. The third kappa shape index (κ3) is 3.23. The second-order valence-electron chi connectivity index (χ2n) is 7.05. The Labute approximate surface area is 158 Å². The molecular formula is C20H24N4O3. The van der Waals surface area contributed by atoms with Gasteiger partial charge in [0.2, 0.25) is 5.91 Å². The van der Waals surface area contributed by atoms with Gasteiger partial charge in [-0.25, -0.2) is 4.79 Å². The summed E-state index contributed by atoms with van der Waals surface area (Å²) in [5.41, 5.74) is 3.73. The molecule has 0 saturated heterocycles. The van der Waals surface area contributed by atoms with Crippen molar-refractivity contribution in [1.29, 1.82) is 0 Å². The van der Waals surface area contributed by atoms with Crippen molar-refractivity contribution in [2.45, 2.75) is 39.0 Å². The summed E-state index contributed by atoms with van der Waals surface area (Å²) in [5.74, 6) is -0.297. The van der Waals surface area contributed by atoms with Crippen molar-refractivity contribution < 1.29 is 14.3 Å². The number of hydrogen-bond donors (Lipinski definition) is 0. The molecule has 1 amide bonds. The average Bonchev–Trinajstić information content (AvgIpc) is 3.15. The second kappa shape index (κ2) is 7.15. The van der Waals surface area contributed by atoms with E-state index in [2.05, 4.69) is 35.1 Å². The number of ether oxygens (including phenoxy) is 1. The Morgan fingerprint density at radius 3 is 2.70 bits per heavy atom. The molecule has 0 radical (unpaired) electrons. The first-order valence-electron chi connectivity index (χ1n) is 9.35. The summed E-state index contributed by atoms with van der Waals surface area (Å²) in [6.07, 6.45) is 0.742. The van der Waals surface area contributed by atoms with Gasteiger partial charge in [-0.05, 0) is 30.2 Å². The van der Waals surface area contributed by atoms with Crippen molar-refractivity contribution in [2.75, 3.05) is 20.2 Å². The number of carbonyl (C=O) groups is 2. The van der Waals surface area contributed by atoms with E-state index in [-0.39, 0.29) is 11.9 Å². The Balaban J connectivity index is 1.53. The monoisotopic (exact) mass is 368 g/mol. The fourth-order valence-electron chi connectivity index (χ4n) is 4.02. The predicted octanol–water partition coefficient (Wildman–Crippen LogP) is 1.46. The van der Waals surface area contributed by atoms with Gasteiger partial charge < -0.3 is 9.64 Å². The maximum absolute atomic E-state index is 13.3. The van der Waals surface area contributed by atoms with Crippen LogP contribution in [0.15, 0.2) is 30.3 Å². The van der Waals surface area contributed by atoms with Crippen LogP contribution in [0.2, 0.25) is 0 Å². The van der Waals surface area contributed by atoms with Crippen molar-refractivity contribution in [1.82, 2.24) is 19.6 Å². The van der Waals surface area contributed by atoms with Gasteiger partial charge in [-0.3, -0.25) is 14.4 Å². The van der Waals surface area contributed by atoms with E-state index in [1.54, 1.807) is 10.7 Å². The molecule has 3 heterocycles. The van der Waals surface area contributed by atoms with Crippen LogP contribution in [0.1, 0.15) is 34.2 Å². The molecule has 4 rings (SSSR count). The van der Waals surface area contributed by atoms with Gasteiger partial charge in [0.15, 0.2) is 5.69 Å². The van der Waals surface area contributed by atoms with E-state index in [1.807, 2.05) is 11.0 Å². The lowest BCUT2D eigenvalue weighted by Crippen LogP contribution is -2.52. The van der Waals surface area contributed by atoms with Crippen LogP contribution in [0.5, 0.6) is 0 Å². The fourth-order valence-corrected chi connectivity index (χ4v) is 4.02. The van der Waals surface area contributed by atoms with E-state index >= 15 is 0 Å². The summed E-state index contributed by atoms with van der Waals surface area (Å²) >= 11 is 0. The zero-order chi connectivity index (χ0) is 19.0. The molecule has 0 aliphatic carbocycles. The van der Waals surface area contributed by atoms with E-state index in [1.165, 1.54) is 18.2 Å². The Morgan fingerprint density at radius 2 is 1.96 bits per heavy atom. The number of rotatable bonds is 3. The van der Waals surface area contributed by atoms with E-state index in [9.17, 15) is 9.59 Å². The standard InChI is InChI=1S/C20H24N4O3/c1-3-22-12-15-7-5-4-6-14(15)10-18(22)19(25)23-8-9-24-16(13-23)11-17(21-24)20(26)27-2/h4-7,11,18H,3,8-10,12-13H2,1-2H3. The Kier molecular flexibility index (Phi) is 4.70. The van der Waals surface area contributed by atoms with Crippen LogP contribution < -0.4 is 0 Å². The van der Waals surface area contributed by atoms with Gasteiger partial charge in [0, 0.05) is 13.1 Å². The number of benzene rings is 1. The molecule has 1 aromatic heterocycles. The quantitative estimate of drug-likeness (QED) is 0.768. The first-order valence-corrected chi connectivity index (χ1v) is 9.35. The number of methoxy groups -OCH3 is 1. The molecule has 2 aromatic rings. The minimum absolute atomic E-state index is 0.139. The minimum atomic E-state index is -0.448. The van der Waals surface area contributed by atoms with Gasteiger partial charge in [0.25, 0.3) is 0 Å². The van der Waals surface area contributed by atoms with Crippen molar-refractivity contribution in [3.8, 4) is 0 Å². The van der Waals surface area contributed by atoms with Crippen molar-refractivity contribution >= 4 is 11.9 Å². The van der Waals surface area contributed by atoms with Crippen LogP contribution in [0.4, 0.5) is 0 Å². The van der Waals surface area contributed by atoms with Gasteiger partial charge in [0.05, 0.1) is 31.9 Å². The fraction of sp³-hybridized carbons (Fsp3) is 0.450. The van der Waals surface area contributed by atoms with Crippen LogP contribution in [0.25, 0.3) is 0 Å². The number of esters is 1. The van der Waals surface area contributed by atoms with Crippen LogP contribution in [0.3, 0.4) is 0 Å². The summed E-state index contributed by atoms with van der Waals surface area (Å²) in [4.78, 5) is 29.1. The third-order valence-electron chi connectivity index (χ3n) is 5.54. The molecule has 0 N–H and O–H groups in total.